The Kier molecular flexibility index (Phi) is 3.78. The molecule has 0 spiro atoms. The van der Waals surface area contributed by atoms with E-state index in [4.69, 9.17) is 4.74 Å². The lowest BCUT2D eigenvalue weighted by molar-refractivity contribution is -0.123. The molecule has 1 unspecified atom stereocenters. The third kappa shape index (κ3) is 2.79. The Balaban J connectivity index is 1.73. The molecule has 2 aromatic rings. The first-order chi connectivity index (χ1) is 10.7. The van der Waals surface area contributed by atoms with E-state index in [9.17, 15) is 9.59 Å². The molecule has 1 aliphatic rings. The van der Waals surface area contributed by atoms with Crippen LogP contribution < -0.4 is 10.1 Å². The van der Waals surface area contributed by atoms with Gasteiger partial charge in [0.1, 0.15) is 5.75 Å². The van der Waals surface area contributed by atoms with Crippen molar-refractivity contribution in [2.24, 2.45) is 0 Å². The van der Waals surface area contributed by atoms with Gasteiger partial charge >= 0.3 is 5.97 Å². The van der Waals surface area contributed by atoms with Crippen LogP contribution in [-0.4, -0.2) is 25.1 Å². The van der Waals surface area contributed by atoms with Crippen molar-refractivity contribution in [3.8, 4) is 5.75 Å². The van der Waals surface area contributed by atoms with E-state index in [-0.39, 0.29) is 11.9 Å². The number of carbonyl (C=O) groups excluding carboxylic acids is 2. The number of ether oxygens (including phenoxy) is 2. The van der Waals surface area contributed by atoms with E-state index in [1.54, 1.807) is 30.3 Å². The molecule has 2 aromatic carbocycles. The summed E-state index contributed by atoms with van der Waals surface area (Å²) in [5.41, 5.74) is 2.07. The summed E-state index contributed by atoms with van der Waals surface area (Å²) < 4.78 is 10.4. The van der Waals surface area contributed by atoms with Gasteiger partial charge in [-0.1, -0.05) is 24.3 Å². The molecule has 0 aromatic heterocycles. The number of fused-ring (bicyclic) bond motifs is 1. The zero-order valence-corrected chi connectivity index (χ0v) is 12.0. The van der Waals surface area contributed by atoms with Crippen LogP contribution in [0.15, 0.2) is 48.5 Å². The summed E-state index contributed by atoms with van der Waals surface area (Å²) in [6, 6.07) is 14.3. The maximum Gasteiger partial charge on any atom is 0.337 e. The fourth-order valence-electron chi connectivity index (χ4n) is 2.34. The van der Waals surface area contributed by atoms with E-state index in [1.165, 1.54) is 7.11 Å². The fraction of sp³-hybridized carbons (Fsp3) is 0.176. The zero-order chi connectivity index (χ0) is 15.5. The van der Waals surface area contributed by atoms with Gasteiger partial charge < -0.3 is 14.8 Å². The molecule has 1 aliphatic heterocycles. The van der Waals surface area contributed by atoms with Crippen molar-refractivity contribution in [1.29, 1.82) is 0 Å². The molecule has 3 rings (SSSR count). The van der Waals surface area contributed by atoms with Crippen LogP contribution in [0.5, 0.6) is 5.75 Å². The highest BCUT2D eigenvalue weighted by Crippen LogP contribution is 2.29. The van der Waals surface area contributed by atoms with Crippen LogP contribution in [0.4, 0.5) is 5.69 Å². The normalized spacial score (nSPS) is 16.2. The van der Waals surface area contributed by atoms with Crippen LogP contribution in [0.3, 0.4) is 0 Å². The molecule has 0 saturated carbocycles. The van der Waals surface area contributed by atoms with Gasteiger partial charge in [-0.2, -0.15) is 0 Å². The van der Waals surface area contributed by atoms with Gasteiger partial charge in [0.2, 0.25) is 0 Å². The van der Waals surface area contributed by atoms with Crippen LogP contribution in [0.25, 0.3) is 0 Å². The molecule has 5 heteroatoms. The average Bonchev–Trinajstić information content (AvgIpc) is 2.55. The Morgan fingerprint density at radius 2 is 1.91 bits per heavy atom. The topological polar surface area (TPSA) is 64.6 Å². The third-order valence-corrected chi connectivity index (χ3v) is 3.50. The van der Waals surface area contributed by atoms with Gasteiger partial charge in [0.05, 0.1) is 18.4 Å². The largest absolute Gasteiger partial charge is 0.478 e. The van der Waals surface area contributed by atoms with Crippen molar-refractivity contribution in [2.75, 3.05) is 12.4 Å². The Morgan fingerprint density at radius 1 is 1.18 bits per heavy atom. The SMILES string of the molecule is COC(=O)c1ccc(CC2Oc3ccccc3NC2=O)cc1. The number of anilines is 1. The Hall–Kier alpha value is -2.82. The van der Waals surface area contributed by atoms with Crippen molar-refractivity contribution >= 4 is 17.6 Å². The molecule has 1 heterocycles. The van der Waals surface area contributed by atoms with Gasteiger partial charge in [-0.15, -0.1) is 0 Å². The first kappa shape index (κ1) is 14.1. The highest BCUT2D eigenvalue weighted by atomic mass is 16.5. The number of rotatable bonds is 3. The number of para-hydroxylation sites is 2. The molecule has 1 N–H and O–H groups in total. The predicted octanol–water partition coefficient (Wildman–Crippen LogP) is 2.42. The molecule has 0 bridgehead atoms. The van der Waals surface area contributed by atoms with Crippen LogP contribution >= 0.6 is 0 Å². The summed E-state index contributed by atoms with van der Waals surface area (Å²) >= 11 is 0. The molecular formula is C17H15NO4. The summed E-state index contributed by atoms with van der Waals surface area (Å²) in [6.45, 7) is 0. The minimum absolute atomic E-state index is 0.171. The second-order valence-corrected chi connectivity index (χ2v) is 4.98. The van der Waals surface area contributed by atoms with E-state index < -0.39 is 6.10 Å². The van der Waals surface area contributed by atoms with Crippen molar-refractivity contribution in [1.82, 2.24) is 0 Å². The molecule has 5 nitrogen and oxygen atoms in total. The number of benzene rings is 2. The molecule has 0 fully saturated rings. The minimum Gasteiger partial charge on any atom is -0.478 e. The van der Waals surface area contributed by atoms with E-state index >= 15 is 0 Å². The molecule has 0 saturated heterocycles. The maximum absolute atomic E-state index is 12.1. The van der Waals surface area contributed by atoms with Crippen molar-refractivity contribution in [2.45, 2.75) is 12.5 Å². The zero-order valence-electron chi connectivity index (χ0n) is 12.0. The van der Waals surface area contributed by atoms with Crippen LogP contribution in [0.1, 0.15) is 15.9 Å². The van der Waals surface area contributed by atoms with E-state index in [0.717, 1.165) is 5.56 Å². The minimum atomic E-state index is -0.584. The maximum atomic E-state index is 12.1. The summed E-state index contributed by atoms with van der Waals surface area (Å²) in [5, 5.41) is 2.83. The van der Waals surface area contributed by atoms with Gasteiger partial charge in [0.25, 0.3) is 5.91 Å². The lowest BCUT2D eigenvalue weighted by Crippen LogP contribution is -2.38. The Morgan fingerprint density at radius 3 is 2.64 bits per heavy atom. The van der Waals surface area contributed by atoms with Crippen LogP contribution in [0.2, 0.25) is 0 Å². The quantitative estimate of drug-likeness (QED) is 0.884. The standard InChI is InChI=1S/C17H15NO4/c1-21-17(20)12-8-6-11(7-9-12)10-15-16(19)18-13-4-2-3-5-14(13)22-15/h2-9,15H,10H2,1H3,(H,18,19). The number of amides is 1. The molecular weight excluding hydrogens is 282 g/mol. The number of hydrogen-bond acceptors (Lipinski definition) is 4. The van der Waals surface area contributed by atoms with Crippen LogP contribution in [0, 0.1) is 0 Å². The van der Waals surface area contributed by atoms with Gasteiger partial charge in [-0.05, 0) is 29.8 Å². The van der Waals surface area contributed by atoms with Crippen LogP contribution in [-0.2, 0) is 16.0 Å². The smallest absolute Gasteiger partial charge is 0.337 e. The highest BCUT2D eigenvalue weighted by Gasteiger charge is 2.27. The first-order valence-corrected chi connectivity index (χ1v) is 6.91. The molecule has 1 amide bonds. The molecule has 0 radical (unpaired) electrons. The molecule has 1 atom stereocenters. The van der Waals surface area contributed by atoms with Crippen molar-refractivity contribution < 1.29 is 19.1 Å². The summed E-state index contributed by atoms with van der Waals surface area (Å²) in [6.07, 6.45) is -0.152. The van der Waals surface area contributed by atoms with E-state index in [1.807, 2.05) is 18.2 Å². The monoisotopic (exact) mass is 297 g/mol. The number of carbonyl (C=O) groups is 2. The molecule has 112 valence electrons. The molecule has 0 aliphatic carbocycles. The fourth-order valence-corrected chi connectivity index (χ4v) is 2.34. The second-order valence-electron chi connectivity index (χ2n) is 4.98. The highest BCUT2D eigenvalue weighted by molar-refractivity contribution is 5.97. The summed E-state index contributed by atoms with van der Waals surface area (Å²) in [5.74, 6) is 0.112. The molecule has 22 heavy (non-hydrogen) atoms. The predicted molar refractivity (Wildman–Crippen MR) is 81.0 cm³/mol. The van der Waals surface area contributed by atoms with Gasteiger partial charge in [0.15, 0.2) is 6.10 Å². The lowest BCUT2D eigenvalue weighted by Gasteiger charge is -2.25. The average molecular weight is 297 g/mol. The van der Waals surface area contributed by atoms with Crippen molar-refractivity contribution in [3.63, 3.8) is 0 Å². The number of hydrogen-bond donors (Lipinski definition) is 1. The Labute approximate surface area is 127 Å². The number of methoxy groups -OCH3 is 1. The second kappa shape index (κ2) is 5.89. The van der Waals surface area contributed by atoms with Gasteiger partial charge in [-0.25, -0.2) is 4.79 Å². The first-order valence-electron chi connectivity index (χ1n) is 6.91. The Bertz CT molecular complexity index is 709. The number of nitrogens with one attached hydrogen (secondary N) is 1. The third-order valence-electron chi connectivity index (χ3n) is 3.50. The van der Waals surface area contributed by atoms with E-state index in [2.05, 4.69) is 10.1 Å². The summed E-state index contributed by atoms with van der Waals surface area (Å²) in [4.78, 5) is 23.5. The van der Waals surface area contributed by atoms with E-state index in [0.29, 0.717) is 23.4 Å². The summed E-state index contributed by atoms with van der Waals surface area (Å²) in [7, 11) is 1.34. The van der Waals surface area contributed by atoms with Gasteiger partial charge in [-0.3, -0.25) is 4.79 Å². The van der Waals surface area contributed by atoms with Crippen molar-refractivity contribution in [3.05, 3.63) is 59.7 Å². The van der Waals surface area contributed by atoms with Gasteiger partial charge in [0, 0.05) is 6.42 Å². The lowest BCUT2D eigenvalue weighted by atomic mass is 10.0. The number of esters is 1.